The first-order valence-corrected chi connectivity index (χ1v) is 4.38. The molecule has 0 saturated carbocycles. The fraction of sp³-hybridized carbons (Fsp3) is 0.444. The number of hydrogen-bond donors (Lipinski definition) is 0. The normalized spacial score (nSPS) is 9.80. The average Bonchev–Trinajstić information content (AvgIpc) is 2.70. The summed E-state index contributed by atoms with van der Waals surface area (Å²) in [5.41, 5.74) is 0.333. The Kier molecular flexibility index (Phi) is 3.43. The Morgan fingerprint density at radius 2 is 1.93 bits per heavy atom. The van der Waals surface area contributed by atoms with Gasteiger partial charge in [0, 0.05) is 12.6 Å². The van der Waals surface area contributed by atoms with E-state index in [1.165, 1.54) is 25.0 Å². The molecule has 0 bridgehead atoms. The fourth-order valence-electron chi connectivity index (χ4n) is 1.13. The van der Waals surface area contributed by atoms with Crippen LogP contribution in [0.2, 0.25) is 0 Å². The van der Waals surface area contributed by atoms with Crippen LogP contribution in [0, 0.1) is 0 Å². The van der Waals surface area contributed by atoms with E-state index in [0.717, 1.165) is 0 Å². The van der Waals surface area contributed by atoms with Crippen molar-refractivity contribution in [2.75, 3.05) is 14.2 Å². The Morgan fingerprint density at radius 1 is 1.33 bits per heavy atom. The van der Waals surface area contributed by atoms with E-state index >= 15 is 0 Å². The van der Waals surface area contributed by atoms with Gasteiger partial charge in [-0.15, -0.1) is 0 Å². The molecule has 0 atom stereocenters. The van der Waals surface area contributed by atoms with Crippen LogP contribution in [0.4, 0.5) is 0 Å². The second-order valence-electron chi connectivity index (χ2n) is 2.71. The van der Waals surface area contributed by atoms with E-state index in [0.29, 0.717) is 6.54 Å². The predicted molar refractivity (Wildman–Crippen MR) is 50.6 cm³/mol. The maximum absolute atomic E-state index is 11.3. The van der Waals surface area contributed by atoms with Gasteiger partial charge in [0.2, 0.25) is 0 Å². The van der Waals surface area contributed by atoms with E-state index < -0.39 is 11.9 Å². The van der Waals surface area contributed by atoms with Gasteiger partial charge in [-0.25, -0.2) is 9.59 Å². The maximum Gasteiger partial charge on any atom is 0.358 e. The third-order valence-corrected chi connectivity index (χ3v) is 1.87. The molecule has 82 valence electrons. The van der Waals surface area contributed by atoms with Crippen molar-refractivity contribution in [2.24, 2.45) is 0 Å². The van der Waals surface area contributed by atoms with Crippen LogP contribution in [0.1, 0.15) is 27.9 Å². The molecule has 1 rings (SSSR count). The maximum atomic E-state index is 11.3. The Balaban J connectivity index is 3.11. The molecule has 6 nitrogen and oxygen atoms in total. The van der Waals surface area contributed by atoms with E-state index in [1.807, 2.05) is 0 Å². The SMILES string of the molecule is CCn1nc(C(=O)OC)cc1C(=O)OC. The number of aromatic nitrogens is 2. The Bertz CT molecular complexity index is 383. The molecule has 0 amide bonds. The summed E-state index contributed by atoms with van der Waals surface area (Å²) in [7, 11) is 2.53. The number of carbonyl (C=O) groups is 2. The predicted octanol–water partition coefficient (Wildman–Crippen LogP) is 0.476. The standard InChI is InChI=1S/C9H12N2O4/c1-4-11-7(9(13)15-3)5-6(10-11)8(12)14-2/h5H,4H2,1-3H3. The smallest absolute Gasteiger partial charge is 0.358 e. The second-order valence-corrected chi connectivity index (χ2v) is 2.71. The van der Waals surface area contributed by atoms with E-state index in [2.05, 4.69) is 14.6 Å². The van der Waals surface area contributed by atoms with Gasteiger partial charge in [-0.3, -0.25) is 4.68 Å². The summed E-state index contributed by atoms with van der Waals surface area (Å²) in [5, 5.41) is 3.91. The van der Waals surface area contributed by atoms with Crippen molar-refractivity contribution in [3.05, 3.63) is 17.5 Å². The van der Waals surface area contributed by atoms with Crippen LogP contribution in [0.3, 0.4) is 0 Å². The first-order chi connectivity index (χ1) is 7.13. The number of ether oxygens (including phenoxy) is 2. The highest BCUT2D eigenvalue weighted by atomic mass is 16.5. The number of hydrogen-bond acceptors (Lipinski definition) is 5. The molecule has 1 aromatic heterocycles. The zero-order chi connectivity index (χ0) is 11.4. The zero-order valence-corrected chi connectivity index (χ0v) is 8.81. The van der Waals surface area contributed by atoms with Gasteiger partial charge in [0.25, 0.3) is 0 Å². The molecule has 0 spiro atoms. The molecule has 0 radical (unpaired) electrons. The second kappa shape index (κ2) is 4.59. The molecule has 6 heteroatoms. The lowest BCUT2D eigenvalue weighted by Crippen LogP contribution is -2.10. The Hall–Kier alpha value is -1.85. The van der Waals surface area contributed by atoms with Gasteiger partial charge in [-0.05, 0) is 6.92 Å². The molecular formula is C9H12N2O4. The highest BCUT2D eigenvalue weighted by Crippen LogP contribution is 2.07. The number of nitrogens with zero attached hydrogens (tertiary/aromatic N) is 2. The molecule has 0 aliphatic carbocycles. The number of rotatable bonds is 3. The molecular weight excluding hydrogens is 200 g/mol. The highest BCUT2D eigenvalue weighted by Gasteiger charge is 2.18. The summed E-state index contributed by atoms with van der Waals surface area (Å²) in [4.78, 5) is 22.4. The molecule has 0 aliphatic rings. The molecule has 0 saturated heterocycles. The highest BCUT2D eigenvalue weighted by molar-refractivity contribution is 5.93. The van der Waals surface area contributed by atoms with E-state index in [4.69, 9.17) is 0 Å². The van der Waals surface area contributed by atoms with Crippen LogP contribution in [0.25, 0.3) is 0 Å². The van der Waals surface area contributed by atoms with Crippen LogP contribution in [-0.4, -0.2) is 35.9 Å². The summed E-state index contributed by atoms with van der Waals surface area (Å²) in [6.45, 7) is 2.28. The fourth-order valence-corrected chi connectivity index (χ4v) is 1.13. The molecule has 0 N–H and O–H groups in total. The van der Waals surface area contributed by atoms with Gasteiger partial charge in [0.15, 0.2) is 5.69 Å². The van der Waals surface area contributed by atoms with Crippen molar-refractivity contribution in [1.82, 2.24) is 9.78 Å². The molecule has 1 heterocycles. The molecule has 15 heavy (non-hydrogen) atoms. The average molecular weight is 212 g/mol. The lowest BCUT2D eigenvalue weighted by atomic mass is 10.3. The van der Waals surface area contributed by atoms with Crippen molar-refractivity contribution in [2.45, 2.75) is 13.5 Å². The Labute approximate surface area is 86.8 Å². The van der Waals surface area contributed by atoms with Crippen LogP contribution in [-0.2, 0) is 16.0 Å². The van der Waals surface area contributed by atoms with Crippen molar-refractivity contribution >= 4 is 11.9 Å². The quantitative estimate of drug-likeness (QED) is 0.681. The minimum atomic E-state index is -0.577. The van der Waals surface area contributed by atoms with Gasteiger partial charge in [0.05, 0.1) is 14.2 Å². The van der Waals surface area contributed by atoms with Crippen molar-refractivity contribution in [3.63, 3.8) is 0 Å². The summed E-state index contributed by atoms with van der Waals surface area (Å²) < 4.78 is 10.4. The van der Waals surface area contributed by atoms with Gasteiger partial charge < -0.3 is 9.47 Å². The number of esters is 2. The van der Waals surface area contributed by atoms with E-state index in [1.54, 1.807) is 6.92 Å². The Morgan fingerprint density at radius 3 is 2.40 bits per heavy atom. The minimum absolute atomic E-state index is 0.0970. The summed E-state index contributed by atoms with van der Waals surface area (Å²) in [6.07, 6.45) is 0. The first-order valence-electron chi connectivity index (χ1n) is 4.38. The van der Waals surface area contributed by atoms with Gasteiger partial charge in [-0.1, -0.05) is 0 Å². The summed E-state index contributed by atoms with van der Waals surface area (Å²) in [6, 6.07) is 1.35. The number of methoxy groups -OCH3 is 2. The van der Waals surface area contributed by atoms with E-state index in [-0.39, 0.29) is 11.4 Å². The topological polar surface area (TPSA) is 70.4 Å². The largest absolute Gasteiger partial charge is 0.464 e. The lowest BCUT2D eigenvalue weighted by Gasteiger charge is -2.00. The van der Waals surface area contributed by atoms with Crippen LogP contribution < -0.4 is 0 Å². The van der Waals surface area contributed by atoms with Gasteiger partial charge in [0.1, 0.15) is 5.69 Å². The zero-order valence-electron chi connectivity index (χ0n) is 8.81. The summed E-state index contributed by atoms with van der Waals surface area (Å²) in [5.74, 6) is -1.10. The van der Waals surface area contributed by atoms with Crippen molar-refractivity contribution in [1.29, 1.82) is 0 Å². The summed E-state index contributed by atoms with van der Waals surface area (Å²) >= 11 is 0. The van der Waals surface area contributed by atoms with Crippen molar-refractivity contribution < 1.29 is 19.1 Å². The monoisotopic (exact) mass is 212 g/mol. The number of carbonyl (C=O) groups excluding carboxylic acids is 2. The first kappa shape index (κ1) is 11.2. The van der Waals surface area contributed by atoms with Crippen LogP contribution >= 0.6 is 0 Å². The third-order valence-electron chi connectivity index (χ3n) is 1.87. The van der Waals surface area contributed by atoms with Gasteiger partial charge >= 0.3 is 11.9 Å². The molecule has 0 fully saturated rings. The molecule has 1 aromatic rings. The minimum Gasteiger partial charge on any atom is -0.464 e. The van der Waals surface area contributed by atoms with E-state index in [9.17, 15) is 9.59 Å². The number of aryl methyl sites for hydroxylation is 1. The molecule has 0 unspecified atom stereocenters. The van der Waals surface area contributed by atoms with Crippen LogP contribution in [0.15, 0.2) is 6.07 Å². The van der Waals surface area contributed by atoms with Crippen LogP contribution in [0.5, 0.6) is 0 Å². The molecule has 0 aliphatic heterocycles. The van der Waals surface area contributed by atoms with Crippen molar-refractivity contribution in [3.8, 4) is 0 Å². The third kappa shape index (κ3) is 2.15. The van der Waals surface area contributed by atoms with Gasteiger partial charge in [-0.2, -0.15) is 5.10 Å². The lowest BCUT2D eigenvalue weighted by molar-refractivity contribution is 0.0581. The molecule has 0 aromatic carbocycles.